The number of quaternary nitrogens is 1. The van der Waals surface area contributed by atoms with Gasteiger partial charge in [0.2, 0.25) is 0 Å². The van der Waals surface area contributed by atoms with Gasteiger partial charge in [0, 0.05) is 0 Å². The standard InChI is InChI=1S/C13H30N.C8H8O3S/c1-5-6-7-8-9-10-11-12-13-14(2,3)4;1-2-11-12(9,10)8-6-4-3-5-7-8/h5-13H2,1-4H3;2-7H,1H2/q+1;. The molecule has 0 aromatic heterocycles. The molecule has 0 fully saturated rings. The Bertz CT molecular complexity index is 563. The van der Waals surface area contributed by atoms with Crippen molar-refractivity contribution in [1.82, 2.24) is 0 Å². The van der Waals surface area contributed by atoms with Crippen LogP contribution in [-0.2, 0) is 14.3 Å². The van der Waals surface area contributed by atoms with Gasteiger partial charge in [-0.05, 0) is 25.0 Å². The van der Waals surface area contributed by atoms with Gasteiger partial charge in [-0.15, -0.1) is 0 Å². The monoisotopic (exact) mass is 384 g/mol. The van der Waals surface area contributed by atoms with E-state index in [-0.39, 0.29) is 4.90 Å². The molecule has 5 heteroatoms. The van der Waals surface area contributed by atoms with Gasteiger partial charge in [0.05, 0.1) is 33.9 Å². The highest BCUT2D eigenvalue weighted by molar-refractivity contribution is 7.86. The maximum Gasteiger partial charge on any atom is 0.338 e. The third kappa shape index (κ3) is 13.9. The summed E-state index contributed by atoms with van der Waals surface area (Å²) in [5, 5.41) is 0. The molecule has 0 N–H and O–H groups in total. The zero-order chi connectivity index (χ0) is 19.9. The van der Waals surface area contributed by atoms with E-state index in [1.54, 1.807) is 18.2 Å². The molecule has 0 unspecified atom stereocenters. The lowest BCUT2D eigenvalue weighted by atomic mass is 10.1. The second-order valence-corrected chi connectivity index (χ2v) is 9.09. The van der Waals surface area contributed by atoms with Crippen LogP contribution in [0.1, 0.15) is 58.3 Å². The molecule has 0 aliphatic heterocycles. The van der Waals surface area contributed by atoms with Crippen molar-refractivity contribution < 1.29 is 17.1 Å². The summed E-state index contributed by atoms with van der Waals surface area (Å²) < 4.78 is 27.7. The molecule has 1 aromatic rings. The minimum absolute atomic E-state index is 0.130. The Morgan fingerprint density at radius 2 is 1.42 bits per heavy atom. The highest BCUT2D eigenvalue weighted by Gasteiger charge is 2.11. The summed E-state index contributed by atoms with van der Waals surface area (Å²) in [6.45, 7) is 6.78. The van der Waals surface area contributed by atoms with Gasteiger partial charge in [0.25, 0.3) is 0 Å². The van der Waals surface area contributed by atoms with Gasteiger partial charge in [-0.1, -0.05) is 70.2 Å². The fraction of sp³-hybridized carbons (Fsp3) is 0.619. The number of rotatable bonds is 12. The van der Waals surface area contributed by atoms with Crippen LogP contribution in [-0.4, -0.2) is 40.6 Å². The van der Waals surface area contributed by atoms with E-state index in [0.717, 1.165) is 10.7 Å². The van der Waals surface area contributed by atoms with E-state index in [2.05, 4.69) is 38.8 Å². The predicted octanol–water partition coefficient (Wildman–Crippen LogP) is 5.37. The molecule has 0 heterocycles. The van der Waals surface area contributed by atoms with Crippen molar-refractivity contribution in [3.05, 3.63) is 43.2 Å². The van der Waals surface area contributed by atoms with Crippen LogP contribution in [0.5, 0.6) is 0 Å². The molecule has 26 heavy (non-hydrogen) atoms. The quantitative estimate of drug-likeness (QED) is 0.211. The fourth-order valence-electron chi connectivity index (χ4n) is 2.45. The van der Waals surface area contributed by atoms with Crippen LogP contribution in [0.15, 0.2) is 48.1 Å². The summed E-state index contributed by atoms with van der Waals surface area (Å²) in [7, 11) is 3.21. The highest BCUT2D eigenvalue weighted by Crippen LogP contribution is 2.11. The Hall–Kier alpha value is -1.33. The topological polar surface area (TPSA) is 43.4 Å². The van der Waals surface area contributed by atoms with Gasteiger partial charge in [-0.3, -0.25) is 0 Å². The third-order valence-corrected chi connectivity index (χ3v) is 5.15. The largest absolute Gasteiger partial charge is 0.388 e. The van der Waals surface area contributed by atoms with E-state index in [1.807, 2.05) is 0 Å². The van der Waals surface area contributed by atoms with Crippen molar-refractivity contribution in [2.75, 3.05) is 27.7 Å². The Morgan fingerprint density at radius 3 is 1.88 bits per heavy atom. The van der Waals surface area contributed by atoms with Gasteiger partial charge in [-0.25, -0.2) is 0 Å². The van der Waals surface area contributed by atoms with Crippen molar-refractivity contribution in [2.45, 2.75) is 63.2 Å². The number of benzene rings is 1. The first-order chi connectivity index (χ1) is 12.2. The molecular formula is C21H38NO3S+. The van der Waals surface area contributed by atoms with E-state index < -0.39 is 10.1 Å². The average molecular weight is 385 g/mol. The Balaban J connectivity index is 0.000000485. The molecule has 4 nitrogen and oxygen atoms in total. The van der Waals surface area contributed by atoms with Crippen molar-refractivity contribution in [3.8, 4) is 0 Å². The minimum atomic E-state index is -3.63. The van der Waals surface area contributed by atoms with Gasteiger partial charge >= 0.3 is 10.1 Å². The molecule has 0 aliphatic carbocycles. The number of hydrogen-bond donors (Lipinski definition) is 0. The van der Waals surface area contributed by atoms with E-state index in [4.69, 9.17) is 0 Å². The normalized spacial score (nSPS) is 11.4. The lowest BCUT2D eigenvalue weighted by Gasteiger charge is -2.23. The molecule has 0 aliphatic rings. The van der Waals surface area contributed by atoms with Gasteiger partial charge in [-0.2, -0.15) is 8.42 Å². The molecule has 0 bridgehead atoms. The summed E-state index contributed by atoms with van der Waals surface area (Å²) >= 11 is 0. The molecule has 0 saturated carbocycles. The zero-order valence-corrected chi connectivity index (χ0v) is 17.9. The van der Waals surface area contributed by atoms with Crippen LogP contribution in [0.25, 0.3) is 0 Å². The van der Waals surface area contributed by atoms with E-state index in [0.29, 0.717) is 0 Å². The lowest BCUT2D eigenvalue weighted by Crippen LogP contribution is -2.35. The van der Waals surface area contributed by atoms with Crippen LogP contribution in [0.2, 0.25) is 0 Å². The number of hydrogen-bond acceptors (Lipinski definition) is 3. The van der Waals surface area contributed by atoms with Crippen molar-refractivity contribution in [2.24, 2.45) is 0 Å². The second kappa shape index (κ2) is 13.8. The molecule has 150 valence electrons. The summed E-state index contributed by atoms with van der Waals surface area (Å²) in [6, 6.07) is 7.89. The number of unbranched alkanes of at least 4 members (excludes halogenated alkanes) is 7. The highest BCUT2D eigenvalue weighted by atomic mass is 32.2. The molecule has 0 atom stereocenters. The maximum absolute atomic E-state index is 11.1. The van der Waals surface area contributed by atoms with E-state index in [9.17, 15) is 8.42 Å². The summed E-state index contributed by atoms with van der Waals surface area (Å²) in [5.74, 6) is 0. The molecule has 0 spiro atoms. The third-order valence-electron chi connectivity index (χ3n) is 3.91. The first kappa shape index (κ1) is 24.7. The first-order valence-corrected chi connectivity index (χ1v) is 11.0. The minimum Gasteiger partial charge on any atom is -0.388 e. The van der Waals surface area contributed by atoms with E-state index in [1.165, 1.54) is 70.0 Å². The van der Waals surface area contributed by atoms with E-state index >= 15 is 0 Å². The van der Waals surface area contributed by atoms with Crippen LogP contribution in [0, 0.1) is 0 Å². The summed E-state index contributed by atoms with van der Waals surface area (Å²) in [4.78, 5) is 0.130. The van der Waals surface area contributed by atoms with Gasteiger partial charge < -0.3 is 8.67 Å². The van der Waals surface area contributed by atoms with Crippen LogP contribution >= 0.6 is 0 Å². The maximum atomic E-state index is 11.1. The smallest absolute Gasteiger partial charge is 0.338 e. The zero-order valence-electron chi connectivity index (χ0n) is 17.1. The molecule has 0 amide bonds. The fourth-order valence-corrected chi connectivity index (χ4v) is 3.23. The van der Waals surface area contributed by atoms with Crippen LogP contribution in [0.4, 0.5) is 0 Å². The van der Waals surface area contributed by atoms with Crippen molar-refractivity contribution >= 4 is 10.1 Å². The first-order valence-electron chi connectivity index (χ1n) is 9.62. The van der Waals surface area contributed by atoms with Gasteiger partial charge in [0.1, 0.15) is 4.90 Å². The molecule has 1 rings (SSSR count). The van der Waals surface area contributed by atoms with Crippen LogP contribution < -0.4 is 0 Å². The van der Waals surface area contributed by atoms with Crippen molar-refractivity contribution in [1.29, 1.82) is 0 Å². The Morgan fingerprint density at radius 1 is 0.923 bits per heavy atom. The average Bonchev–Trinajstić information content (AvgIpc) is 2.58. The van der Waals surface area contributed by atoms with Gasteiger partial charge in [0.15, 0.2) is 0 Å². The SMILES string of the molecule is C=COS(=O)(=O)c1ccccc1.CCCCCCCCCC[N+](C)(C)C. The molecular weight excluding hydrogens is 346 g/mol. The van der Waals surface area contributed by atoms with Crippen LogP contribution in [0.3, 0.4) is 0 Å². The molecule has 1 aromatic carbocycles. The Kier molecular flexibility index (Phi) is 13.1. The summed E-state index contributed by atoms with van der Waals surface area (Å²) in [6.07, 6.45) is 12.3. The Labute approximate surface area is 161 Å². The second-order valence-electron chi connectivity index (χ2n) is 7.52. The summed E-state index contributed by atoms with van der Waals surface area (Å²) in [5.41, 5.74) is 0. The molecule has 0 radical (unpaired) electrons. The van der Waals surface area contributed by atoms with Crippen molar-refractivity contribution in [3.63, 3.8) is 0 Å². The lowest BCUT2D eigenvalue weighted by molar-refractivity contribution is -0.870. The molecule has 0 saturated heterocycles. The predicted molar refractivity (Wildman–Crippen MR) is 110 cm³/mol. The number of nitrogens with zero attached hydrogens (tertiary/aromatic N) is 1.